The summed E-state index contributed by atoms with van der Waals surface area (Å²) in [6, 6.07) is 0. The van der Waals surface area contributed by atoms with E-state index in [4.69, 9.17) is 0 Å². The molecule has 0 saturated heterocycles. The molecule has 0 saturated carbocycles. The number of halogens is 1. The molecule has 1 aliphatic heterocycles. The van der Waals surface area contributed by atoms with Gasteiger partial charge in [-0.1, -0.05) is 13.5 Å². The first-order chi connectivity index (χ1) is 4.79. The summed E-state index contributed by atoms with van der Waals surface area (Å²) in [7, 11) is 2.08. The molecule has 64 valence electrons. The summed E-state index contributed by atoms with van der Waals surface area (Å²) in [6.45, 7) is 5.89. The van der Waals surface area contributed by atoms with Gasteiger partial charge in [0, 0.05) is 19.4 Å². The lowest BCUT2D eigenvalue weighted by atomic mass is 10.3. The Labute approximate surface area is 85.6 Å². The van der Waals surface area contributed by atoms with E-state index in [-0.39, 0.29) is 24.0 Å². The van der Waals surface area contributed by atoms with Crippen molar-refractivity contribution >= 4 is 24.0 Å². The number of nitrogens with zero attached hydrogens (tertiary/aromatic N) is 2. The molecule has 0 aromatic rings. The summed E-state index contributed by atoms with van der Waals surface area (Å²) in [6.07, 6.45) is 7.57. The van der Waals surface area contributed by atoms with Crippen LogP contribution in [-0.2, 0) is 0 Å². The van der Waals surface area contributed by atoms with Crippen LogP contribution in [0.25, 0.3) is 0 Å². The van der Waals surface area contributed by atoms with Gasteiger partial charge < -0.3 is 9.80 Å². The molecule has 0 bridgehead atoms. The highest BCUT2D eigenvalue weighted by Gasteiger charge is 2.18. The van der Waals surface area contributed by atoms with E-state index in [0.29, 0.717) is 6.17 Å². The Hall–Kier alpha value is -0.190. The largest absolute Gasteiger partial charge is 0.359 e. The molecule has 3 heteroatoms. The zero-order valence-corrected chi connectivity index (χ0v) is 9.36. The summed E-state index contributed by atoms with van der Waals surface area (Å²) in [5.74, 6) is 0. The van der Waals surface area contributed by atoms with E-state index < -0.39 is 0 Å². The topological polar surface area (TPSA) is 6.48 Å². The Morgan fingerprint density at radius 1 is 1.55 bits per heavy atom. The molecule has 0 aromatic carbocycles. The van der Waals surface area contributed by atoms with Crippen molar-refractivity contribution in [3.05, 3.63) is 25.2 Å². The lowest BCUT2D eigenvalue weighted by Gasteiger charge is -2.26. The minimum atomic E-state index is 0. The van der Waals surface area contributed by atoms with Crippen LogP contribution in [0.1, 0.15) is 13.3 Å². The van der Waals surface area contributed by atoms with E-state index in [1.54, 1.807) is 0 Å². The van der Waals surface area contributed by atoms with E-state index >= 15 is 0 Å². The zero-order chi connectivity index (χ0) is 7.56. The van der Waals surface area contributed by atoms with E-state index in [9.17, 15) is 0 Å². The SMILES string of the molecule is C=CN1C=CN(C)C1CC.I. The van der Waals surface area contributed by atoms with Crippen molar-refractivity contribution in [3.8, 4) is 0 Å². The van der Waals surface area contributed by atoms with Crippen molar-refractivity contribution in [2.75, 3.05) is 7.05 Å². The molecule has 0 aromatic heterocycles. The average molecular weight is 266 g/mol. The quantitative estimate of drug-likeness (QED) is 0.707. The molecule has 11 heavy (non-hydrogen) atoms. The van der Waals surface area contributed by atoms with E-state index in [1.165, 1.54) is 0 Å². The van der Waals surface area contributed by atoms with Gasteiger partial charge in [0.2, 0.25) is 0 Å². The maximum atomic E-state index is 3.72. The third-order valence-electron chi connectivity index (χ3n) is 1.86. The van der Waals surface area contributed by atoms with Crippen molar-refractivity contribution in [1.82, 2.24) is 9.80 Å². The van der Waals surface area contributed by atoms with Crippen molar-refractivity contribution in [2.45, 2.75) is 19.5 Å². The summed E-state index contributed by atoms with van der Waals surface area (Å²) in [5.41, 5.74) is 0. The molecule has 1 rings (SSSR count). The van der Waals surface area contributed by atoms with E-state index in [1.807, 2.05) is 12.4 Å². The smallest absolute Gasteiger partial charge is 0.104 e. The minimum Gasteiger partial charge on any atom is -0.359 e. The van der Waals surface area contributed by atoms with Crippen LogP contribution < -0.4 is 0 Å². The summed E-state index contributed by atoms with van der Waals surface area (Å²) in [5, 5.41) is 0. The first-order valence-electron chi connectivity index (χ1n) is 3.60. The van der Waals surface area contributed by atoms with Gasteiger partial charge in [0.15, 0.2) is 0 Å². The van der Waals surface area contributed by atoms with E-state index in [0.717, 1.165) is 6.42 Å². The van der Waals surface area contributed by atoms with Gasteiger partial charge in [-0.2, -0.15) is 0 Å². The molecule has 1 atom stereocenters. The van der Waals surface area contributed by atoms with Gasteiger partial charge >= 0.3 is 0 Å². The highest BCUT2D eigenvalue weighted by Crippen LogP contribution is 2.15. The normalized spacial score (nSPS) is 21.8. The first kappa shape index (κ1) is 10.8. The highest BCUT2D eigenvalue weighted by molar-refractivity contribution is 14.0. The fourth-order valence-corrected chi connectivity index (χ4v) is 1.27. The zero-order valence-electron chi connectivity index (χ0n) is 7.03. The number of hydrogen-bond donors (Lipinski definition) is 0. The Morgan fingerprint density at radius 2 is 2.18 bits per heavy atom. The van der Waals surface area contributed by atoms with Gasteiger partial charge in [-0.25, -0.2) is 0 Å². The highest BCUT2D eigenvalue weighted by atomic mass is 127. The Kier molecular flexibility index (Phi) is 4.56. The Bertz CT molecular complexity index is 156. The Balaban J connectivity index is 0.000001000. The minimum absolute atomic E-state index is 0. The van der Waals surface area contributed by atoms with Gasteiger partial charge in [0.1, 0.15) is 6.17 Å². The number of hydrogen-bond acceptors (Lipinski definition) is 2. The second-order valence-corrected chi connectivity index (χ2v) is 2.48. The molecule has 1 unspecified atom stereocenters. The van der Waals surface area contributed by atoms with Crippen LogP contribution in [0, 0.1) is 0 Å². The van der Waals surface area contributed by atoms with Crippen molar-refractivity contribution in [1.29, 1.82) is 0 Å². The fourth-order valence-electron chi connectivity index (χ4n) is 1.27. The number of rotatable bonds is 2. The third kappa shape index (κ3) is 2.12. The van der Waals surface area contributed by atoms with Crippen LogP contribution in [0.4, 0.5) is 0 Å². The molecule has 0 N–H and O–H groups in total. The molecular formula is C8H15IN2. The molecule has 0 fully saturated rings. The fraction of sp³-hybridized carbons (Fsp3) is 0.500. The molecule has 1 heterocycles. The third-order valence-corrected chi connectivity index (χ3v) is 1.86. The summed E-state index contributed by atoms with van der Waals surface area (Å²) < 4.78 is 0. The lowest BCUT2D eigenvalue weighted by Crippen LogP contribution is -2.32. The van der Waals surface area contributed by atoms with E-state index in [2.05, 4.69) is 36.6 Å². The maximum absolute atomic E-state index is 3.72. The van der Waals surface area contributed by atoms with Crippen LogP contribution in [-0.4, -0.2) is 23.0 Å². The summed E-state index contributed by atoms with van der Waals surface area (Å²) >= 11 is 0. The monoisotopic (exact) mass is 266 g/mol. The van der Waals surface area contributed by atoms with Crippen LogP contribution in [0.2, 0.25) is 0 Å². The predicted octanol–water partition coefficient (Wildman–Crippen LogP) is 2.20. The second-order valence-electron chi connectivity index (χ2n) is 2.48. The molecule has 0 aliphatic carbocycles. The molecule has 1 aliphatic rings. The first-order valence-corrected chi connectivity index (χ1v) is 3.60. The maximum Gasteiger partial charge on any atom is 0.104 e. The lowest BCUT2D eigenvalue weighted by molar-refractivity contribution is 0.218. The molecular weight excluding hydrogens is 251 g/mol. The average Bonchev–Trinajstić information content (AvgIpc) is 2.30. The molecule has 2 nitrogen and oxygen atoms in total. The second kappa shape index (κ2) is 4.64. The van der Waals surface area contributed by atoms with Gasteiger partial charge in [-0.15, -0.1) is 24.0 Å². The van der Waals surface area contributed by atoms with Gasteiger partial charge in [-0.05, 0) is 12.6 Å². The van der Waals surface area contributed by atoms with Gasteiger partial charge in [-0.3, -0.25) is 0 Å². The standard InChI is InChI=1S/C8H14N2.HI/c1-4-8-9(3)6-7-10(8)5-2;/h5-8H,2,4H2,1,3H3;1H. The van der Waals surface area contributed by atoms with Crippen molar-refractivity contribution in [3.63, 3.8) is 0 Å². The Morgan fingerprint density at radius 3 is 2.55 bits per heavy atom. The van der Waals surface area contributed by atoms with Crippen LogP contribution in [0.15, 0.2) is 25.2 Å². The van der Waals surface area contributed by atoms with Crippen LogP contribution >= 0.6 is 24.0 Å². The van der Waals surface area contributed by atoms with Gasteiger partial charge in [0.25, 0.3) is 0 Å². The van der Waals surface area contributed by atoms with Crippen molar-refractivity contribution in [2.24, 2.45) is 0 Å². The van der Waals surface area contributed by atoms with Gasteiger partial charge in [0.05, 0.1) is 0 Å². The summed E-state index contributed by atoms with van der Waals surface area (Å²) in [4.78, 5) is 4.29. The predicted molar refractivity (Wildman–Crippen MR) is 58.4 cm³/mol. The van der Waals surface area contributed by atoms with Crippen LogP contribution in [0.5, 0.6) is 0 Å². The van der Waals surface area contributed by atoms with Crippen LogP contribution in [0.3, 0.4) is 0 Å². The molecule has 0 radical (unpaired) electrons. The molecule has 0 spiro atoms. The molecule has 0 amide bonds. The van der Waals surface area contributed by atoms with Crippen molar-refractivity contribution < 1.29 is 0 Å².